The van der Waals surface area contributed by atoms with E-state index in [-0.39, 0.29) is 24.0 Å². The second-order valence-electron chi connectivity index (χ2n) is 7.79. The molecule has 2 amide bonds. The Bertz CT molecular complexity index is 1120. The number of hydrogen-bond acceptors (Lipinski definition) is 5. The molecule has 0 fully saturated rings. The molecule has 0 saturated heterocycles. The van der Waals surface area contributed by atoms with E-state index < -0.39 is 0 Å². The first-order valence-electron chi connectivity index (χ1n) is 10.8. The number of aliphatic imine (C=N–C) groups is 1. The molecule has 1 heterocycles. The molecule has 0 unspecified atom stereocenters. The third-order valence-corrected chi connectivity index (χ3v) is 5.70. The largest absolute Gasteiger partial charge is 0.387 e. The van der Waals surface area contributed by atoms with Crippen molar-refractivity contribution in [2.45, 2.75) is 26.7 Å². The van der Waals surface area contributed by atoms with Gasteiger partial charge in [0.1, 0.15) is 5.84 Å². The van der Waals surface area contributed by atoms with Crippen LogP contribution in [-0.2, 0) is 4.79 Å². The highest BCUT2D eigenvalue weighted by molar-refractivity contribution is 14.1. The lowest BCUT2D eigenvalue weighted by Crippen LogP contribution is -2.35. The first kappa shape index (κ1) is 24.6. The number of nitrogens with one attached hydrogen (secondary N) is 1. The Kier molecular flexibility index (Phi) is 8.37. The van der Waals surface area contributed by atoms with Crippen LogP contribution in [0.1, 0.15) is 53.0 Å². The highest BCUT2D eigenvalue weighted by Gasteiger charge is 2.21. The molecule has 7 nitrogen and oxygen atoms in total. The number of hydrogen-bond donors (Lipinski definition) is 2. The zero-order valence-electron chi connectivity index (χ0n) is 18.7. The molecule has 0 atom stereocenters. The van der Waals surface area contributed by atoms with Gasteiger partial charge in [0.05, 0.1) is 5.69 Å². The molecule has 1 aliphatic rings. The number of Topliss-reactive ketones (excluding diaryl/α,β-unsaturated/α-hetero) is 1. The Hall–Kier alpha value is -3.01. The normalized spacial score (nSPS) is 12.7. The molecule has 2 aromatic rings. The fraction of sp³-hybridized carbons (Fsp3) is 0.280. The van der Waals surface area contributed by atoms with E-state index in [4.69, 9.17) is 5.73 Å². The molecule has 3 N–H and O–H groups in total. The van der Waals surface area contributed by atoms with Crippen LogP contribution in [-0.4, -0.2) is 45.9 Å². The van der Waals surface area contributed by atoms with Crippen LogP contribution in [0.25, 0.3) is 6.08 Å². The van der Waals surface area contributed by atoms with Gasteiger partial charge in [0.2, 0.25) is 5.91 Å². The Labute approximate surface area is 207 Å². The SMILES string of the molecule is CCCN(CCI)C(=O)C1=Cc2ccc(C(=O)Nc3ccc(C(C)=O)cc3)cc2N=C(N)C1. The van der Waals surface area contributed by atoms with Crippen molar-refractivity contribution >= 4 is 63.5 Å². The van der Waals surface area contributed by atoms with Gasteiger partial charge in [-0.3, -0.25) is 14.4 Å². The van der Waals surface area contributed by atoms with Gasteiger partial charge in [-0.05, 0) is 55.8 Å². The molecule has 0 saturated carbocycles. The number of carbonyl (C=O) groups is 3. The third-order valence-electron chi connectivity index (χ3n) is 5.22. The fourth-order valence-electron chi connectivity index (χ4n) is 3.55. The highest BCUT2D eigenvalue weighted by Crippen LogP contribution is 2.29. The summed E-state index contributed by atoms with van der Waals surface area (Å²) >= 11 is 2.27. The summed E-state index contributed by atoms with van der Waals surface area (Å²) in [4.78, 5) is 43.6. The minimum absolute atomic E-state index is 0.0321. The summed E-state index contributed by atoms with van der Waals surface area (Å²) < 4.78 is 0.854. The maximum atomic E-state index is 13.1. The molecular formula is C25H27IN4O3. The Morgan fingerprint density at radius 2 is 1.79 bits per heavy atom. The summed E-state index contributed by atoms with van der Waals surface area (Å²) in [6, 6.07) is 11.9. The molecule has 0 bridgehead atoms. The molecule has 3 rings (SSSR count). The molecule has 8 heteroatoms. The average Bonchev–Trinajstić information content (AvgIpc) is 2.96. The van der Waals surface area contributed by atoms with Crippen molar-refractivity contribution in [3.05, 3.63) is 64.7 Å². The Balaban J connectivity index is 1.84. The Morgan fingerprint density at radius 1 is 1.09 bits per heavy atom. The average molecular weight is 558 g/mol. The van der Waals surface area contributed by atoms with Crippen LogP contribution >= 0.6 is 22.6 Å². The predicted molar refractivity (Wildman–Crippen MR) is 140 cm³/mol. The topological polar surface area (TPSA) is 105 Å². The molecule has 0 aliphatic carbocycles. The number of halogens is 1. The molecule has 2 aromatic carbocycles. The predicted octanol–water partition coefficient (Wildman–Crippen LogP) is 4.59. The maximum Gasteiger partial charge on any atom is 0.255 e. The summed E-state index contributed by atoms with van der Waals surface area (Å²) in [5, 5.41) is 2.82. The van der Waals surface area contributed by atoms with E-state index in [1.54, 1.807) is 42.5 Å². The molecule has 1 aliphatic heterocycles. The second kappa shape index (κ2) is 11.2. The molecule has 0 spiro atoms. The van der Waals surface area contributed by atoms with E-state index in [2.05, 4.69) is 32.9 Å². The number of benzene rings is 2. The van der Waals surface area contributed by atoms with E-state index in [1.165, 1.54) is 6.92 Å². The van der Waals surface area contributed by atoms with Crippen molar-refractivity contribution in [2.75, 3.05) is 22.8 Å². The van der Waals surface area contributed by atoms with Gasteiger partial charge in [-0.15, -0.1) is 0 Å². The van der Waals surface area contributed by atoms with Crippen molar-refractivity contribution in [1.82, 2.24) is 4.90 Å². The van der Waals surface area contributed by atoms with E-state index >= 15 is 0 Å². The smallest absolute Gasteiger partial charge is 0.255 e. The number of carbonyl (C=O) groups excluding carboxylic acids is 3. The van der Waals surface area contributed by atoms with Gasteiger partial charge in [-0.2, -0.15) is 0 Å². The summed E-state index contributed by atoms with van der Waals surface area (Å²) in [6.45, 7) is 4.91. The van der Waals surface area contributed by atoms with Gasteiger partial charge in [-0.25, -0.2) is 4.99 Å². The number of alkyl halides is 1. The summed E-state index contributed by atoms with van der Waals surface area (Å²) in [7, 11) is 0. The molecule has 0 aromatic heterocycles. The molecular weight excluding hydrogens is 531 g/mol. The molecule has 0 radical (unpaired) electrons. The number of amidine groups is 1. The Morgan fingerprint density at radius 3 is 2.42 bits per heavy atom. The van der Waals surface area contributed by atoms with Crippen LogP contribution in [0, 0.1) is 0 Å². The lowest BCUT2D eigenvalue weighted by molar-refractivity contribution is -0.126. The van der Waals surface area contributed by atoms with Gasteiger partial charge >= 0.3 is 0 Å². The van der Waals surface area contributed by atoms with Crippen LogP contribution in [0.5, 0.6) is 0 Å². The van der Waals surface area contributed by atoms with Gasteiger partial charge in [-0.1, -0.05) is 35.6 Å². The zero-order chi connectivity index (χ0) is 24.0. The van der Waals surface area contributed by atoms with E-state index in [9.17, 15) is 14.4 Å². The number of nitrogens with zero attached hydrogens (tertiary/aromatic N) is 2. The van der Waals surface area contributed by atoms with Gasteiger partial charge in [0.25, 0.3) is 5.91 Å². The van der Waals surface area contributed by atoms with Crippen molar-refractivity contribution in [1.29, 1.82) is 0 Å². The lowest BCUT2D eigenvalue weighted by atomic mass is 10.0. The first-order chi connectivity index (χ1) is 15.8. The van der Waals surface area contributed by atoms with Crippen LogP contribution in [0.4, 0.5) is 11.4 Å². The van der Waals surface area contributed by atoms with Crippen LogP contribution in [0.3, 0.4) is 0 Å². The van der Waals surface area contributed by atoms with Crippen molar-refractivity contribution in [2.24, 2.45) is 10.7 Å². The lowest BCUT2D eigenvalue weighted by Gasteiger charge is -2.22. The van der Waals surface area contributed by atoms with Crippen LogP contribution in [0.15, 0.2) is 53.0 Å². The fourth-order valence-corrected chi connectivity index (χ4v) is 4.13. The number of rotatable bonds is 8. The monoisotopic (exact) mass is 558 g/mol. The highest BCUT2D eigenvalue weighted by atomic mass is 127. The first-order valence-corrected chi connectivity index (χ1v) is 12.3. The standard InChI is InChI=1S/C25H27IN4O3/c1-3-11-30(12-10-26)25(33)20-13-18-4-5-19(14-22(18)29-23(27)15-20)24(32)28-21-8-6-17(7-9-21)16(2)31/h4-9,13-14H,3,10-12,15H2,1-2H3,(H2,27,29)(H,28,32). The molecule has 172 valence electrons. The molecule has 33 heavy (non-hydrogen) atoms. The minimum Gasteiger partial charge on any atom is -0.387 e. The maximum absolute atomic E-state index is 13.1. The number of nitrogens with two attached hydrogens (primary N) is 1. The van der Waals surface area contributed by atoms with Crippen LogP contribution < -0.4 is 11.1 Å². The number of fused-ring (bicyclic) bond motifs is 1. The van der Waals surface area contributed by atoms with E-state index in [0.717, 1.165) is 16.4 Å². The van der Waals surface area contributed by atoms with Gasteiger partial charge < -0.3 is 16.0 Å². The van der Waals surface area contributed by atoms with Crippen molar-refractivity contribution < 1.29 is 14.4 Å². The second-order valence-corrected chi connectivity index (χ2v) is 8.87. The van der Waals surface area contributed by atoms with E-state index in [0.29, 0.717) is 47.0 Å². The summed E-state index contributed by atoms with van der Waals surface area (Å²) in [6.07, 6.45) is 2.96. The summed E-state index contributed by atoms with van der Waals surface area (Å²) in [5.74, 6) is -0.0399. The van der Waals surface area contributed by atoms with Gasteiger partial charge in [0, 0.05) is 51.9 Å². The quantitative estimate of drug-likeness (QED) is 0.281. The third kappa shape index (κ3) is 6.28. The number of amides is 2. The van der Waals surface area contributed by atoms with Crippen molar-refractivity contribution in [3.8, 4) is 0 Å². The zero-order valence-corrected chi connectivity index (χ0v) is 20.9. The van der Waals surface area contributed by atoms with Crippen molar-refractivity contribution in [3.63, 3.8) is 0 Å². The number of ketones is 1. The van der Waals surface area contributed by atoms with Gasteiger partial charge in [0.15, 0.2) is 5.78 Å². The van der Waals surface area contributed by atoms with E-state index in [1.807, 2.05) is 17.9 Å². The number of anilines is 1. The minimum atomic E-state index is -0.303. The summed E-state index contributed by atoms with van der Waals surface area (Å²) in [5.41, 5.74) is 9.59. The van der Waals surface area contributed by atoms with Crippen LogP contribution in [0.2, 0.25) is 0 Å².